The summed E-state index contributed by atoms with van der Waals surface area (Å²) in [6.45, 7) is 10.3. The zero-order chi connectivity index (χ0) is 20.8. The number of nitrogens with one attached hydrogen (secondary N) is 2. The molecule has 3 aromatic rings. The molecule has 29 heavy (non-hydrogen) atoms. The Kier molecular flexibility index (Phi) is 6.44. The number of hydrogen-bond donors (Lipinski definition) is 2. The maximum Gasteiger partial charge on any atom is 0.258 e. The summed E-state index contributed by atoms with van der Waals surface area (Å²) in [6.07, 6.45) is 3.05. The molecule has 0 spiro atoms. The highest BCUT2D eigenvalue weighted by atomic mass is 16.1. The van der Waals surface area contributed by atoms with Gasteiger partial charge >= 0.3 is 0 Å². The molecule has 1 amide bonds. The monoisotopic (exact) mass is 389 g/mol. The van der Waals surface area contributed by atoms with Crippen LogP contribution in [0.4, 0.5) is 23.0 Å². The van der Waals surface area contributed by atoms with Crippen LogP contribution in [0.3, 0.4) is 0 Å². The van der Waals surface area contributed by atoms with E-state index in [1.165, 1.54) is 18.1 Å². The molecule has 3 rings (SSSR count). The minimum Gasteiger partial charge on any atom is -0.372 e. The molecule has 2 N–H and O–H groups in total. The van der Waals surface area contributed by atoms with E-state index in [-0.39, 0.29) is 5.91 Å². The summed E-state index contributed by atoms with van der Waals surface area (Å²) < 4.78 is 0. The van der Waals surface area contributed by atoms with Crippen LogP contribution in [0.15, 0.2) is 54.9 Å². The highest BCUT2D eigenvalue weighted by Crippen LogP contribution is 2.24. The number of nitrogens with zero attached hydrogens (tertiary/aromatic N) is 3. The summed E-state index contributed by atoms with van der Waals surface area (Å²) in [6, 6.07) is 13.9. The number of anilines is 4. The van der Waals surface area contributed by atoms with E-state index < -0.39 is 0 Å². The Morgan fingerprint density at radius 2 is 1.62 bits per heavy atom. The van der Waals surface area contributed by atoms with Crippen molar-refractivity contribution < 1.29 is 4.79 Å². The van der Waals surface area contributed by atoms with Crippen molar-refractivity contribution in [1.29, 1.82) is 0 Å². The Labute approximate surface area is 172 Å². The van der Waals surface area contributed by atoms with E-state index in [4.69, 9.17) is 0 Å². The van der Waals surface area contributed by atoms with E-state index in [0.717, 1.165) is 35.6 Å². The van der Waals surface area contributed by atoms with Gasteiger partial charge in [0.2, 0.25) is 5.95 Å². The average Bonchev–Trinajstić information content (AvgIpc) is 2.73. The lowest BCUT2D eigenvalue weighted by Crippen LogP contribution is -2.21. The van der Waals surface area contributed by atoms with Gasteiger partial charge in [0, 0.05) is 42.5 Å². The first-order valence-corrected chi connectivity index (χ1v) is 9.82. The third-order valence-electron chi connectivity index (χ3n) is 4.81. The molecule has 1 heterocycles. The lowest BCUT2D eigenvalue weighted by atomic mass is 10.1. The highest BCUT2D eigenvalue weighted by molar-refractivity contribution is 6.03. The fourth-order valence-corrected chi connectivity index (χ4v) is 3.04. The van der Waals surface area contributed by atoms with Crippen LogP contribution in [-0.2, 0) is 0 Å². The lowest BCUT2D eigenvalue weighted by molar-refractivity contribution is 0.102. The number of rotatable bonds is 7. The molecule has 0 aliphatic rings. The van der Waals surface area contributed by atoms with Crippen molar-refractivity contribution >= 4 is 28.9 Å². The molecule has 2 aromatic carbocycles. The highest BCUT2D eigenvalue weighted by Gasteiger charge is 2.09. The standard InChI is InChI=1S/C23H27N5O/c1-5-28(6-2)20-11-12-21(17(4)13-20)27-23-24-14-18(15-25-23)22(29)26-19-9-7-16(3)8-10-19/h7-15H,5-6H2,1-4H3,(H,26,29)(H,24,25,27). The number of amides is 1. The van der Waals surface area contributed by atoms with Gasteiger partial charge in [0.1, 0.15) is 0 Å². The molecule has 0 aliphatic carbocycles. The molecule has 1 aromatic heterocycles. The summed E-state index contributed by atoms with van der Waals surface area (Å²) >= 11 is 0. The first-order valence-electron chi connectivity index (χ1n) is 9.82. The van der Waals surface area contributed by atoms with Crippen LogP contribution in [0, 0.1) is 13.8 Å². The van der Waals surface area contributed by atoms with Gasteiger partial charge in [0.25, 0.3) is 5.91 Å². The van der Waals surface area contributed by atoms with Crippen LogP contribution in [0.1, 0.15) is 35.3 Å². The molecule has 6 nitrogen and oxygen atoms in total. The van der Waals surface area contributed by atoms with Crippen LogP contribution in [0.2, 0.25) is 0 Å². The van der Waals surface area contributed by atoms with Gasteiger partial charge in [-0.2, -0.15) is 0 Å². The maximum atomic E-state index is 12.4. The van der Waals surface area contributed by atoms with E-state index >= 15 is 0 Å². The minimum absolute atomic E-state index is 0.236. The Morgan fingerprint density at radius 3 is 2.21 bits per heavy atom. The van der Waals surface area contributed by atoms with E-state index in [0.29, 0.717) is 11.5 Å². The summed E-state index contributed by atoms with van der Waals surface area (Å²) in [7, 11) is 0. The Morgan fingerprint density at radius 1 is 0.966 bits per heavy atom. The van der Waals surface area contributed by atoms with Crippen molar-refractivity contribution in [2.75, 3.05) is 28.6 Å². The van der Waals surface area contributed by atoms with Gasteiger partial charge < -0.3 is 15.5 Å². The number of carbonyl (C=O) groups is 1. The normalized spacial score (nSPS) is 10.5. The smallest absolute Gasteiger partial charge is 0.258 e. The van der Waals surface area contributed by atoms with Gasteiger partial charge in [-0.1, -0.05) is 17.7 Å². The number of aryl methyl sites for hydroxylation is 2. The van der Waals surface area contributed by atoms with Crippen LogP contribution in [-0.4, -0.2) is 29.0 Å². The van der Waals surface area contributed by atoms with Crippen LogP contribution < -0.4 is 15.5 Å². The van der Waals surface area contributed by atoms with Gasteiger partial charge in [-0.25, -0.2) is 9.97 Å². The third-order valence-corrected chi connectivity index (χ3v) is 4.81. The van der Waals surface area contributed by atoms with Crippen molar-refractivity contribution in [3.8, 4) is 0 Å². The second-order valence-corrected chi connectivity index (χ2v) is 6.91. The Bertz CT molecular complexity index is 964. The number of benzene rings is 2. The van der Waals surface area contributed by atoms with Gasteiger partial charge in [-0.3, -0.25) is 4.79 Å². The van der Waals surface area contributed by atoms with E-state index in [9.17, 15) is 4.79 Å². The molecule has 0 radical (unpaired) electrons. The van der Waals surface area contributed by atoms with E-state index in [1.807, 2.05) is 37.3 Å². The van der Waals surface area contributed by atoms with Gasteiger partial charge in [0.05, 0.1) is 5.56 Å². The summed E-state index contributed by atoms with van der Waals surface area (Å²) in [5.74, 6) is 0.218. The quantitative estimate of drug-likeness (QED) is 0.599. The van der Waals surface area contributed by atoms with E-state index in [2.05, 4.69) is 58.4 Å². The van der Waals surface area contributed by atoms with Crippen molar-refractivity contribution in [1.82, 2.24) is 9.97 Å². The van der Waals surface area contributed by atoms with Gasteiger partial charge in [-0.15, -0.1) is 0 Å². The number of hydrogen-bond acceptors (Lipinski definition) is 5. The zero-order valence-electron chi connectivity index (χ0n) is 17.4. The predicted molar refractivity (Wildman–Crippen MR) is 119 cm³/mol. The van der Waals surface area contributed by atoms with Crippen LogP contribution in [0.25, 0.3) is 0 Å². The topological polar surface area (TPSA) is 70.2 Å². The van der Waals surface area contributed by atoms with Crippen molar-refractivity contribution in [3.05, 3.63) is 71.5 Å². The van der Waals surface area contributed by atoms with Crippen molar-refractivity contribution in [2.24, 2.45) is 0 Å². The van der Waals surface area contributed by atoms with E-state index in [1.54, 1.807) is 0 Å². The number of carbonyl (C=O) groups excluding carboxylic acids is 1. The third kappa shape index (κ3) is 5.10. The molecule has 0 fully saturated rings. The second kappa shape index (κ2) is 9.19. The fourth-order valence-electron chi connectivity index (χ4n) is 3.04. The predicted octanol–water partition coefficient (Wildman–Crippen LogP) is 4.94. The molecule has 0 aliphatic heterocycles. The second-order valence-electron chi connectivity index (χ2n) is 6.91. The van der Waals surface area contributed by atoms with Crippen molar-refractivity contribution in [2.45, 2.75) is 27.7 Å². The zero-order valence-corrected chi connectivity index (χ0v) is 17.4. The molecule has 0 bridgehead atoms. The van der Waals surface area contributed by atoms with Gasteiger partial charge in [-0.05, 0) is 63.6 Å². The minimum atomic E-state index is -0.236. The summed E-state index contributed by atoms with van der Waals surface area (Å²) in [5.41, 5.74) is 5.54. The molecule has 6 heteroatoms. The van der Waals surface area contributed by atoms with Crippen LogP contribution >= 0.6 is 0 Å². The summed E-state index contributed by atoms with van der Waals surface area (Å²) in [4.78, 5) is 23.2. The molecule has 0 saturated carbocycles. The molecule has 150 valence electrons. The molecule has 0 saturated heterocycles. The van der Waals surface area contributed by atoms with Gasteiger partial charge in [0.15, 0.2) is 0 Å². The molecule has 0 unspecified atom stereocenters. The first kappa shape index (κ1) is 20.3. The largest absolute Gasteiger partial charge is 0.372 e. The maximum absolute atomic E-state index is 12.4. The van der Waals surface area contributed by atoms with Crippen molar-refractivity contribution in [3.63, 3.8) is 0 Å². The summed E-state index contributed by atoms with van der Waals surface area (Å²) in [5, 5.41) is 6.07. The Hall–Kier alpha value is -3.41. The fraction of sp³-hybridized carbons (Fsp3) is 0.261. The lowest BCUT2D eigenvalue weighted by Gasteiger charge is -2.22. The first-order chi connectivity index (χ1) is 14.0. The average molecular weight is 390 g/mol. The molecule has 0 atom stereocenters. The number of aromatic nitrogens is 2. The Balaban J connectivity index is 1.67. The SMILES string of the molecule is CCN(CC)c1ccc(Nc2ncc(C(=O)Nc3ccc(C)cc3)cn2)c(C)c1. The molecular formula is C23H27N5O. The molecular weight excluding hydrogens is 362 g/mol. The van der Waals surface area contributed by atoms with Crippen LogP contribution in [0.5, 0.6) is 0 Å².